The Balaban J connectivity index is 2.28. The first-order chi connectivity index (χ1) is 12.6. The van der Waals surface area contributed by atoms with Crippen LogP contribution in [0.4, 0.5) is 0 Å². The minimum absolute atomic E-state index is 0.0947. The van der Waals surface area contributed by atoms with E-state index in [9.17, 15) is 9.59 Å². The lowest BCUT2D eigenvalue weighted by molar-refractivity contribution is -0.131. The monoisotopic (exact) mass is 429 g/mol. The van der Waals surface area contributed by atoms with Gasteiger partial charge in [-0.05, 0) is 43.2 Å². The molecule has 2 aromatic carbocycles. The van der Waals surface area contributed by atoms with Crippen LogP contribution in [0, 0.1) is 13.8 Å². The Bertz CT molecular complexity index is 849. The van der Waals surface area contributed by atoms with E-state index in [2.05, 4.69) is 5.32 Å². The highest BCUT2D eigenvalue weighted by atomic mass is 35.6. The van der Waals surface area contributed by atoms with Crippen LogP contribution in [0.5, 0.6) is 11.5 Å². The van der Waals surface area contributed by atoms with Gasteiger partial charge in [0, 0.05) is 6.92 Å². The van der Waals surface area contributed by atoms with E-state index in [1.165, 1.54) is 19.1 Å². The number of nitrogens with one attached hydrogen (secondary N) is 1. The number of ether oxygens (including phenoxy) is 2. The van der Waals surface area contributed by atoms with Gasteiger partial charge in [0.2, 0.25) is 10.0 Å². The van der Waals surface area contributed by atoms with Gasteiger partial charge in [-0.25, -0.2) is 0 Å². The second-order valence-electron chi connectivity index (χ2n) is 5.87. The van der Waals surface area contributed by atoms with Crippen LogP contribution in [-0.2, 0) is 4.79 Å². The molecule has 144 valence electrons. The fourth-order valence-electron chi connectivity index (χ4n) is 2.23. The van der Waals surface area contributed by atoms with Gasteiger partial charge in [-0.2, -0.15) is 0 Å². The van der Waals surface area contributed by atoms with Crippen LogP contribution in [0.2, 0.25) is 0 Å². The van der Waals surface area contributed by atoms with Crippen LogP contribution in [0.3, 0.4) is 0 Å². The van der Waals surface area contributed by atoms with Gasteiger partial charge in [-0.1, -0.05) is 59.1 Å². The third-order valence-corrected chi connectivity index (χ3v) is 4.13. The zero-order chi connectivity index (χ0) is 20.2. The number of esters is 1. The van der Waals surface area contributed by atoms with Gasteiger partial charge in [0.25, 0.3) is 5.91 Å². The van der Waals surface area contributed by atoms with E-state index in [1.807, 2.05) is 26.0 Å². The van der Waals surface area contributed by atoms with Gasteiger partial charge in [0.15, 0.2) is 0 Å². The number of hydrogen-bond donors (Lipinski definition) is 1. The Kier molecular flexibility index (Phi) is 6.98. The largest absolute Gasteiger partial charge is 0.466 e. The maximum Gasteiger partial charge on any atom is 0.308 e. The Morgan fingerprint density at radius 1 is 1.04 bits per heavy atom. The molecule has 1 N–H and O–H groups in total. The summed E-state index contributed by atoms with van der Waals surface area (Å²) in [6.45, 7) is 4.97. The quantitative estimate of drug-likeness (QED) is 0.322. The summed E-state index contributed by atoms with van der Waals surface area (Å²) >= 11 is 18.0. The molecule has 27 heavy (non-hydrogen) atoms. The maximum absolute atomic E-state index is 12.7. The predicted molar refractivity (Wildman–Crippen MR) is 106 cm³/mol. The Morgan fingerprint density at radius 3 is 2.33 bits per heavy atom. The van der Waals surface area contributed by atoms with Crippen molar-refractivity contribution in [1.82, 2.24) is 5.32 Å². The number of carbonyl (C=O) groups excluding carboxylic acids is 2. The number of hydrogen-bond acceptors (Lipinski definition) is 4. The molecule has 1 unspecified atom stereocenters. The minimum Gasteiger partial charge on any atom is -0.466 e. The number of para-hydroxylation sites is 1. The van der Waals surface area contributed by atoms with E-state index < -0.39 is 21.9 Å². The smallest absolute Gasteiger partial charge is 0.308 e. The Labute approximate surface area is 172 Å². The van der Waals surface area contributed by atoms with Crippen molar-refractivity contribution in [2.24, 2.45) is 0 Å². The van der Waals surface area contributed by atoms with Crippen molar-refractivity contribution in [2.75, 3.05) is 0 Å². The molecule has 0 aliphatic carbocycles. The normalized spacial score (nSPS) is 12.2. The highest BCUT2D eigenvalue weighted by molar-refractivity contribution is 6.68. The van der Waals surface area contributed by atoms with E-state index in [1.54, 1.807) is 18.2 Å². The molecule has 5 nitrogen and oxygen atoms in total. The second kappa shape index (κ2) is 8.83. The number of aryl methyl sites for hydroxylation is 2. The zero-order valence-corrected chi connectivity index (χ0v) is 17.2. The summed E-state index contributed by atoms with van der Waals surface area (Å²) < 4.78 is 8.87. The number of amides is 1. The maximum atomic E-state index is 12.7. The van der Waals surface area contributed by atoms with Crippen molar-refractivity contribution in [3.05, 3.63) is 59.2 Å². The molecule has 0 bridgehead atoms. The van der Waals surface area contributed by atoms with E-state index in [4.69, 9.17) is 44.3 Å². The Morgan fingerprint density at radius 2 is 1.70 bits per heavy atom. The summed E-state index contributed by atoms with van der Waals surface area (Å²) in [7, 11) is 0. The third kappa shape index (κ3) is 6.03. The third-order valence-electron chi connectivity index (χ3n) is 3.53. The molecule has 0 saturated carbocycles. The molecule has 1 amide bonds. The molecule has 2 aromatic rings. The van der Waals surface area contributed by atoms with E-state index in [0.717, 1.165) is 11.1 Å². The molecule has 1 atom stereocenters. The van der Waals surface area contributed by atoms with E-state index >= 15 is 0 Å². The number of rotatable bonds is 5. The second-order valence-corrected chi connectivity index (χ2v) is 8.24. The van der Waals surface area contributed by atoms with Crippen molar-refractivity contribution < 1.29 is 19.1 Å². The first-order valence-corrected chi connectivity index (χ1v) is 9.10. The summed E-state index contributed by atoms with van der Waals surface area (Å²) in [5, 5.41) is 2.53. The lowest BCUT2D eigenvalue weighted by atomic mass is 10.1. The molecule has 0 radical (unpaired) electrons. The van der Waals surface area contributed by atoms with Gasteiger partial charge in [0.05, 0.1) is 5.56 Å². The molecular formula is C19H18Cl3NO4. The molecule has 0 fully saturated rings. The average molecular weight is 431 g/mol. The van der Waals surface area contributed by atoms with Crippen LogP contribution < -0.4 is 14.8 Å². The number of halogens is 3. The average Bonchev–Trinajstić information content (AvgIpc) is 2.56. The Hall–Kier alpha value is -1.95. The number of benzene rings is 2. The SMILES string of the molecule is CC(=O)Oc1ccccc1C(=O)NC(Oc1cc(C)ccc1C)C(Cl)(Cl)Cl. The summed E-state index contributed by atoms with van der Waals surface area (Å²) in [6, 6.07) is 11.8. The molecule has 0 spiro atoms. The predicted octanol–water partition coefficient (Wildman–Crippen LogP) is 4.73. The van der Waals surface area contributed by atoms with Crippen molar-refractivity contribution in [1.29, 1.82) is 0 Å². The van der Waals surface area contributed by atoms with Crippen LogP contribution in [0.15, 0.2) is 42.5 Å². The zero-order valence-electron chi connectivity index (χ0n) is 14.9. The lowest BCUT2D eigenvalue weighted by Gasteiger charge is -2.27. The number of alkyl halides is 3. The number of carbonyl (C=O) groups is 2. The fourth-order valence-corrected chi connectivity index (χ4v) is 2.53. The lowest BCUT2D eigenvalue weighted by Crippen LogP contribution is -2.48. The van der Waals surface area contributed by atoms with Crippen molar-refractivity contribution >= 4 is 46.7 Å². The van der Waals surface area contributed by atoms with Gasteiger partial charge in [-0.15, -0.1) is 0 Å². The highest BCUT2D eigenvalue weighted by Gasteiger charge is 2.37. The first-order valence-electron chi connectivity index (χ1n) is 7.97. The molecule has 2 rings (SSSR count). The highest BCUT2D eigenvalue weighted by Crippen LogP contribution is 2.33. The molecule has 0 aliphatic rings. The van der Waals surface area contributed by atoms with Gasteiger partial charge in [-0.3, -0.25) is 9.59 Å². The van der Waals surface area contributed by atoms with Gasteiger partial charge >= 0.3 is 5.97 Å². The van der Waals surface area contributed by atoms with Crippen LogP contribution >= 0.6 is 34.8 Å². The molecule has 0 aliphatic heterocycles. The van der Waals surface area contributed by atoms with E-state index in [-0.39, 0.29) is 11.3 Å². The molecule has 0 heterocycles. The molecular weight excluding hydrogens is 413 g/mol. The summed E-state index contributed by atoms with van der Waals surface area (Å²) in [4.78, 5) is 23.9. The van der Waals surface area contributed by atoms with Crippen molar-refractivity contribution in [3.63, 3.8) is 0 Å². The van der Waals surface area contributed by atoms with Gasteiger partial charge in [0.1, 0.15) is 11.5 Å². The summed E-state index contributed by atoms with van der Waals surface area (Å²) in [6.07, 6.45) is -1.28. The van der Waals surface area contributed by atoms with Crippen LogP contribution in [0.1, 0.15) is 28.4 Å². The van der Waals surface area contributed by atoms with Crippen molar-refractivity contribution in [3.8, 4) is 11.5 Å². The first kappa shape index (κ1) is 21.4. The molecule has 0 aromatic heterocycles. The minimum atomic E-state index is -1.94. The standard InChI is InChI=1S/C19H18Cl3NO4/c1-11-8-9-12(2)16(10-11)27-18(19(20,21)22)23-17(25)14-6-4-5-7-15(14)26-13(3)24/h4-10,18H,1-3H3,(H,23,25). The summed E-state index contributed by atoms with van der Waals surface area (Å²) in [5.41, 5.74) is 1.87. The molecule has 0 saturated heterocycles. The van der Waals surface area contributed by atoms with E-state index in [0.29, 0.717) is 5.75 Å². The summed E-state index contributed by atoms with van der Waals surface area (Å²) in [5.74, 6) is -0.606. The van der Waals surface area contributed by atoms with Gasteiger partial charge < -0.3 is 14.8 Å². The topological polar surface area (TPSA) is 64.6 Å². The van der Waals surface area contributed by atoms with Crippen LogP contribution in [0.25, 0.3) is 0 Å². The van der Waals surface area contributed by atoms with Crippen molar-refractivity contribution in [2.45, 2.75) is 30.8 Å². The van der Waals surface area contributed by atoms with Crippen LogP contribution in [-0.4, -0.2) is 21.9 Å². The molecule has 8 heteroatoms. The fraction of sp³-hybridized carbons (Fsp3) is 0.263.